The predicted molar refractivity (Wildman–Crippen MR) is 60.1 cm³/mol. The summed E-state index contributed by atoms with van der Waals surface area (Å²) in [7, 11) is 1.93. The van der Waals surface area contributed by atoms with Crippen LogP contribution in [-0.4, -0.2) is 14.5 Å². The zero-order valence-electron chi connectivity index (χ0n) is 8.57. The molecule has 1 saturated carbocycles. The van der Waals surface area contributed by atoms with Crippen LogP contribution >= 0.6 is 11.6 Å². The van der Waals surface area contributed by atoms with E-state index in [4.69, 9.17) is 11.6 Å². The first-order valence-electron chi connectivity index (χ1n) is 5.23. The fraction of sp³-hybridized carbons (Fsp3) is 0.455. The van der Waals surface area contributed by atoms with E-state index in [0.29, 0.717) is 5.92 Å². The molecular formula is C11H12ClN3. The SMILES string of the molecule is Cn1c(Cl)cc2c(C3CCC3)ncnc21. The van der Waals surface area contributed by atoms with E-state index in [1.807, 2.05) is 17.7 Å². The molecule has 0 saturated heterocycles. The van der Waals surface area contributed by atoms with Crippen molar-refractivity contribution >= 4 is 22.6 Å². The summed E-state index contributed by atoms with van der Waals surface area (Å²) in [5.74, 6) is 0.619. The van der Waals surface area contributed by atoms with Gasteiger partial charge in [0.2, 0.25) is 0 Å². The van der Waals surface area contributed by atoms with Gasteiger partial charge in [-0.15, -0.1) is 0 Å². The van der Waals surface area contributed by atoms with Crippen LogP contribution in [0.25, 0.3) is 11.0 Å². The smallest absolute Gasteiger partial charge is 0.144 e. The maximum absolute atomic E-state index is 6.09. The molecule has 0 amide bonds. The quantitative estimate of drug-likeness (QED) is 0.742. The minimum atomic E-state index is 0.619. The average Bonchev–Trinajstić information content (AvgIpc) is 2.43. The Morgan fingerprint density at radius 2 is 2.20 bits per heavy atom. The van der Waals surface area contributed by atoms with Gasteiger partial charge < -0.3 is 4.57 Å². The lowest BCUT2D eigenvalue weighted by Crippen LogP contribution is -2.11. The van der Waals surface area contributed by atoms with Crippen LogP contribution in [0.4, 0.5) is 0 Å². The van der Waals surface area contributed by atoms with Gasteiger partial charge in [-0.25, -0.2) is 9.97 Å². The van der Waals surface area contributed by atoms with Gasteiger partial charge >= 0.3 is 0 Å². The highest BCUT2D eigenvalue weighted by Crippen LogP contribution is 2.38. The van der Waals surface area contributed by atoms with Crippen molar-refractivity contribution in [3.05, 3.63) is 23.2 Å². The first-order chi connectivity index (χ1) is 7.27. The molecule has 15 heavy (non-hydrogen) atoms. The molecule has 0 aliphatic heterocycles. The van der Waals surface area contributed by atoms with E-state index >= 15 is 0 Å². The summed E-state index contributed by atoms with van der Waals surface area (Å²) in [5, 5.41) is 1.85. The molecule has 78 valence electrons. The number of halogens is 1. The van der Waals surface area contributed by atoms with Crippen LogP contribution in [0.2, 0.25) is 5.15 Å². The van der Waals surface area contributed by atoms with Gasteiger partial charge in [0.25, 0.3) is 0 Å². The van der Waals surface area contributed by atoms with Gasteiger partial charge in [0.15, 0.2) is 0 Å². The van der Waals surface area contributed by atoms with Crippen molar-refractivity contribution in [3.63, 3.8) is 0 Å². The maximum Gasteiger partial charge on any atom is 0.144 e. The van der Waals surface area contributed by atoms with Gasteiger partial charge in [-0.2, -0.15) is 0 Å². The molecule has 0 N–H and O–H groups in total. The Hall–Kier alpha value is -1.09. The number of fused-ring (bicyclic) bond motifs is 1. The van der Waals surface area contributed by atoms with Crippen molar-refractivity contribution in [2.24, 2.45) is 7.05 Å². The van der Waals surface area contributed by atoms with Crippen molar-refractivity contribution in [2.75, 3.05) is 0 Å². The van der Waals surface area contributed by atoms with Gasteiger partial charge in [-0.3, -0.25) is 0 Å². The van der Waals surface area contributed by atoms with Gasteiger partial charge in [0.1, 0.15) is 17.1 Å². The van der Waals surface area contributed by atoms with Crippen molar-refractivity contribution in [1.29, 1.82) is 0 Å². The van der Waals surface area contributed by atoms with E-state index in [9.17, 15) is 0 Å². The first-order valence-corrected chi connectivity index (χ1v) is 5.61. The molecule has 1 fully saturated rings. The third-order valence-corrected chi connectivity index (χ3v) is 3.65. The van der Waals surface area contributed by atoms with Gasteiger partial charge in [-0.05, 0) is 18.9 Å². The highest BCUT2D eigenvalue weighted by molar-refractivity contribution is 6.30. The summed E-state index contributed by atoms with van der Waals surface area (Å²) in [6.45, 7) is 0. The summed E-state index contributed by atoms with van der Waals surface area (Å²) < 4.78 is 1.90. The predicted octanol–water partition coefficient (Wildman–Crippen LogP) is 2.89. The van der Waals surface area contributed by atoms with Crippen LogP contribution in [-0.2, 0) is 7.05 Å². The van der Waals surface area contributed by atoms with Crippen molar-refractivity contribution in [2.45, 2.75) is 25.2 Å². The van der Waals surface area contributed by atoms with E-state index in [-0.39, 0.29) is 0 Å². The lowest BCUT2D eigenvalue weighted by Gasteiger charge is -2.24. The molecule has 0 unspecified atom stereocenters. The number of aryl methyl sites for hydroxylation is 1. The van der Waals surface area contributed by atoms with Crippen LogP contribution in [0, 0.1) is 0 Å². The Morgan fingerprint density at radius 1 is 1.40 bits per heavy atom. The Morgan fingerprint density at radius 3 is 2.87 bits per heavy atom. The summed E-state index contributed by atoms with van der Waals surface area (Å²) in [5.41, 5.74) is 2.12. The van der Waals surface area contributed by atoms with Gasteiger partial charge in [0, 0.05) is 18.4 Å². The summed E-state index contributed by atoms with van der Waals surface area (Å²) in [6.07, 6.45) is 5.46. The molecule has 2 heterocycles. The van der Waals surface area contributed by atoms with E-state index in [1.165, 1.54) is 25.0 Å². The Kier molecular flexibility index (Phi) is 1.96. The highest BCUT2D eigenvalue weighted by Gasteiger charge is 2.24. The van der Waals surface area contributed by atoms with E-state index in [1.54, 1.807) is 6.33 Å². The maximum atomic E-state index is 6.09. The molecule has 3 nitrogen and oxygen atoms in total. The zero-order valence-corrected chi connectivity index (χ0v) is 9.33. The first kappa shape index (κ1) is 9.16. The van der Waals surface area contributed by atoms with Gasteiger partial charge in [0.05, 0.1) is 5.69 Å². The molecule has 3 rings (SSSR count). The Bertz CT molecular complexity index is 514. The lowest BCUT2D eigenvalue weighted by atomic mass is 9.82. The van der Waals surface area contributed by atoms with Crippen LogP contribution < -0.4 is 0 Å². The fourth-order valence-corrected chi connectivity index (χ4v) is 2.32. The zero-order chi connectivity index (χ0) is 10.4. The van der Waals surface area contributed by atoms with Crippen molar-refractivity contribution in [3.8, 4) is 0 Å². The van der Waals surface area contributed by atoms with Crippen molar-refractivity contribution < 1.29 is 0 Å². The number of aromatic nitrogens is 3. The average molecular weight is 222 g/mol. The third-order valence-electron chi connectivity index (χ3n) is 3.29. The standard InChI is InChI=1S/C11H12ClN3/c1-15-9(12)5-8-10(7-3-2-4-7)13-6-14-11(8)15/h5-7H,2-4H2,1H3. The molecule has 2 aromatic heterocycles. The molecule has 4 heteroatoms. The number of hydrogen-bond donors (Lipinski definition) is 0. The van der Waals surface area contributed by atoms with E-state index in [0.717, 1.165) is 16.2 Å². The monoisotopic (exact) mass is 221 g/mol. The minimum absolute atomic E-state index is 0.619. The lowest BCUT2D eigenvalue weighted by molar-refractivity contribution is 0.413. The molecule has 0 bridgehead atoms. The summed E-state index contributed by atoms with van der Waals surface area (Å²) >= 11 is 6.09. The largest absolute Gasteiger partial charge is 0.319 e. The molecule has 0 spiro atoms. The minimum Gasteiger partial charge on any atom is -0.319 e. The normalized spacial score (nSPS) is 16.9. The van der Waals surface area contributed by atoms with E-state index < -0.39 is 0 Å². The van der Waals surface area contributed by atoms with Crippen LogP contribution in [0.15, 0.2) is 12.4 Å². The van der Waals surface area contributed by atoms with Crippen LogP contribution in [0.5, 0.6) is 0 Å². The van der Waals surface area contributed by atoms with E-state index in [2.05, 4.69) is 9.97 Å². The molecule has 0 aromatic carbocycles. The second-order valence-corrected chi connectivity index (χ2v) is 4.54. The summed E-state index contributed by atoms with van der Waals surface area (Å²) in [4.78, 5) is 8.67. The third kappa shape index (κ3) is 1.26. The Balaban J connectivity index is 2.25. The number of hydrogen-bond acceptors (Lipinski definition) is 2. The molecule has 2 aromatic rings. The second-order valence-electron chi connectivity index (χ2n) is 4.15. The summed E-state index contributed by atoms with van der Waals surface area (Å²) in [6, 6.07) is 1.98. The topological polar surface area (TPSA) is 30.7 Å². The fourth-order valence-electron chi connectivity index (χ4n) is 2.13. The highest BCUT2D eigenvalue weighted by atomic mass is 35.5. The van der Waals surface area contributed by atoms with Gasteiger partial charge in [-0.1, -0.05) is 18.0 Å². The molecule has 0 radical (unpaired) electrons. The Labute approximate surface area is 93.1 Å². The number of rotatable bonds is 1. The van der Waals surface area contributed by atoms with Crippen LogP contribution in [0.1, 0.15) is 30.9 Å². The van der Waals surface area contributed by atoms with Crippen LogP contribution in [0.3, 0.4) is 0 Å². The second kappa shape index (κ2) is 3.20. The number of nitrogens with zero attached hydrogens (tertiary/aromatic N) is 3. The molecule has 1 aliphatic carbocycles. The molecular weight excluding hydrogens is 210 g/mol. The molecule has 1 aliphatic rings. The molecule has 0 atom stereocenters. The van der Waals surface area contributed by atoms with Crippen molar-refractivity contribution in [1.82, 2.24) is 14.5 Å².